The summed E-state index contributed by atoms with van der Waals surface area (Å²) >= 11 is 1.03. The molecule has 2 rings (SSSR count). The fraction of sp³-hybridized carbons (Fsp3) is 0.0667. The lowest BCUT2D eigenvalue weighted by Crippen LogP contribution is -2.07. The van der Waals surface area contributed by atoms with Crippen molar-refractivity contribution < 1.29 is 14.3 Å². The Morgan fingerprint density at radius 1 is 1.36 bits per heavy atom. The zero-order valence-electron chi connectivity index (χ0n) is 11.6. The molecule has 1 aromatic heterocycles. The first-order valence-corrected chi connectivity index (χ1v) is 6.97. The van der Waals surface area contributed by atoms with E-state index in [9.17, 15) is 9.59 Å². The van der Waals surface area contributed by atoms with Crippen LogP contribution in [0.1, 0.15) is 20.8 Å². The number of carbonyl (C=O) groups is 2. The number of nitrogens with one attached hydrogen (secondary N) is 1. The molecule has 0 atom stereocenters. The highest BCUT2D eigenvalue weighted by atomic mass is 32.1. The normalized spacial score (nSPS) is 10.2. The summed E-state index contributed by atoms with van der Waals surface area (Å²) in [6.45, 7) is 0. The average Bonchev–Trinajstić information content (AvgIpc) is 3.01. The largest absolute Gasteiger partial charge is 0.465 e. The molecule has 0 aliphatic heterocycles. The fourth-order valence-electron chi connectivity index (χ4n) is 1.51. The van der Waals surface area contributed by atoms with Crippen LogP contribution in [0.5, 0.6) is 0 Å². The van der Waals surface area contributed by atoms with Gasteiger partial charge >= 0.3 is 5.97 Å². The van der Waals surface area contributed by atoms with E-state index in [1.807, 2.05) is 6.07 Å². The summed E-state index contributed by atoms with van der Waals surface area (Å²) in [5.41, 5.74) is 1.35. The van der Waals surface area contributed by atoms with Gasteiger partial charge < -0.3 is 4.74 Å². The number of hydrogen-bond donors (Lipinski definition) is 1. The molecule has 7 heteroatoms. The zero-order chi connectivity index (χ0) is 15.9. The number of amides is 1. The monoisotopic (exact) mass is 313 g/mol. The molecule has 1 N–H and O–H groups in total. The molecular formula is C15H11N3O3S. The maximum absolute atomic E-state index is 11.8. The number of aromatic nitrogens is 1. The number of anilines is 1. The van der Waals surface area contributed by atoms with Crippen LogP contribution in [0.25, 0.3) is 6.08 Å². The Bertz CT molecular complexity index is 757. The highest BCUT2D eigenvalue weighted by Gasteiger charge is 2.11. The van der Waals surface area contributed by atoms with Gasteiger partial charge in [0, 0.05) is 6.08 Å². The number of esters is 1. The van der Waals surface area contributed by atoms with E-state index in [0.717, 1.165) is 16.9 Å². The molecule has 2 aromatic rings. The molecule has 0 aliphatic carbocycles. The number of carbonyl (C=O) groups excluding carboxylic acids is 2. The molecule has 0 saturated carbocycles. The van der Waals surface area contributed by atoms with Gasteiger partial charge in [-0.25, -0.2) is 9.78 Å². The van der Waals surface area contributed by atoms with Crippen molar-refractivity contribution in [3.8, 4) is 6.07 Å². The summed E-state index contributed by atoms with van der Waals surface area (Å²) in [5.74, 6) is -0.860. The first-order chi connectivity index (χ1) is 10.6. The van der Waals surface area contributed by atoms with Crippen LogP contribution < -0.4 is 5.32 Å². The molecule has 110 valence electrons. The molecule has 0 bridgehead atoms. The lowest BCUT2D eigenvalue weighted by molar-refractivity contribution is -0.111. The molecule has 0 saturated heterocycles. The second kappa shape index (κ2) is 7.15. The van der Waals surface area contributed by atoms with Crippen molar-refractivity contribution in [1.82, 2.24) is 4.98 Å². The molecule has 0 spiro atoms. The molecule has 0 aliphatic rings. The zero-order valence-corrected chi connectivity index (χ0v) is 12.4. The minimum absolute atomic E-state index is 0.314. The number of methoxy groups -OCH3 is 1. The van der Waals surface area contributed by atoms with E-state index < -0.39 is 5.97 Å². The van der Waals surface area contributed by atoms with Crippen LogP contribution in [0.4, 0.5) is 5.13 Å². The number of thiazole rings is 1. The van der Waals surface area contributed by atoms with Gasteiger partial charge in [-0.05, 0) is 23.8 Å². The lowest BCUT2D eigenvalue weighted by atomic mass is 10.1. The summed E-state index contributed by atoms with van der Waals surface area (Å²) in [4.78, 5) is 27.3. The van der Waals surface area contributed by atoms with E-state index in [2.05, 4.69) is 15.0 Å². The van der Waals surface area contributed by atoms with Gasteiger partial charge in [0.15, 0.2) is 5.13 Å². The molecule has 0 unspecified atom stereocenters. The van der Waals surface area contributed by atoms with Crippen LogP contribution in [0.2, 0.25) is 0 Å². The van der Waals surface area contributed by atoms with Crippen LogP contribution in [-0.4, -0.2) is 24.0 Å². The molecule has 1 heterocycles. The summed E-state index contributed by atoms with van der Waals surface area (Å²) in [6, 6.07) is 8.83. The van der Waals surface area contributed by atoms with Gasteiger partial charge in [0.25, 0.3) is 0 Å². The molecule has 22 heavy (non-hydrogen) atoms. The molecule has 0 fully saturated rings. The third kappa shape index (κ3) is 4.01. The van der Waals surface area contributed by atoms with Crippen molar-refractivity contribution >= 4 is 34.4 Å². The quantitative estimate of drug-likeness (QED) is 0.691. The minimum atomic E-state index is -0.494. The van der Waals surface area contributed by atoms with Gasteiger partial charge in [-0.2, -0.15) is 5.26 Å². The third-order valence-electron chi connectivity index (χ3n) is 2.59. The third-order valence-corrected chi connectivity index (χ3v) is 3.48. The van der Waals surface area contributed by atoms with Crippen molar-refractivity contribution in [3.05, 3.63) is 52.5 Å². The van der Waals surface area contributed by atoms with Gasteiger partial charge in [-0.1, -0.05) is 23.5 Å². The van der Waals surface area contributed by atoms with Crippen molar-refractivity contribution in [3.63, 3.8) is 0 Å². The Kier molecular flexibility index (Phi) is 5.01. The molecule has 1 amide bonds. The lowest BCUT2D eigenvalue weighted by Gasteiger charge is -1.96. The van der Waals surface area contributed by atoms with E-state index in [4.69, 9.17) is 5.26 Å². The van der Waals surface area contributed by atoms with Gasteiger partial charge in [0.1, 0.15) is 4.88 Å². The Hall–Kier alpha value is -2.98. The van der Waals surface area contributed by atoms with Gasteiger partial charge in [-0.3, -0.25) is 10.1 Å². The predicted molar refractivity (Wildman–Crippen MR) is 82.3 cm³/mol. The molecular weight excluding hydrogens is 302 g/mol. The Morgan fingerprint density at radius 3 is 2.73 bits per heavy atom. The van der Waals surface area contributed by atoms with Crippen molar-refractivity contribution in [1.29, 1.82) is 5.26 Å². The molecule has 0 radical (unpaired) electrons. The smallest absolute Gasteiger partial charge is 0.349 e. The number of ether oxygens (including phenoxy) is 1. The van der Waals surface area contributed by atoms with E-state index in [-0.39, 0.29) is 5.91 Å². The van der Waals surface area contributed by atoms with Gasteiger partial charge in [0.05, 0.1) is 24.9 Å². The van der Waals surface area contributed by atoms with Crippen LogP contribution in [0.15, 0.2) is 36.5 Å². The Labute approximate surface area is 130 Å². The average molecular weight is 313 g/mol. The number of hydrogen-bond acceptors (Lipinski definition) is 6. The first kappa shape index (κ1) is 15.4. The number of nitriles is 1. The van der Waals surface area contributed by atoms with Crippen molar-refractivity contribution in [2.45, 2.75) is 0 Å². The summed E-state index contributed by atoms with van der Waals surface area (Å²) in [7, 11) is 1.28. The number of benzene rings is 1. The Balaban J connectivity index is 1.97. The highest BCUT2D eigenvalue weighted by Crippen LogP contribution is 2.18. The van der Waals surface area contributed by atoms with E-state index in [1.165, 1.54) is 19.4 Å². The second-order valence-electron chi connectivity index (χ2n) is 4.08. The predicted octanol–water partition coefficient (Wildman–Crippen LogP) is 2.45. The maximum Gasteiger partial charge on any atom is 0.349 e. The van der Waals surface area contributed by atoms with Crippen LogP contribution in [0.3, 0.4) is 0 Å². The second-order valence-corrected chi connectivity index (χ2v) is 5.11. The minimum Gasteiger partial charge on any atom is -0.465 e. The van der Waals surface area contributed by atoms with Gasteiger partial charge in [0.2, 0.25) is 5.91 Å². The SMILES string of the molecule is COC(=O)c1cnc(NC(=O)/C=C/c2ccc(C#N)cc2)s1. The molecule has 6 nitrogen and oxygen atoms in total. The van der Waals surface area contributed by atoms with Crippen molar-refractivity contribution in [2.24, 2.45) is 0 Å². The van der Waals surface area contributed by atoms with Crippen molar-refractivity contribution in [2.75, 3.05) is 12.4 Å². The van der Waals surface area contributed by atoms with E-state index in [1.54, 1.807) is 30.3 Å². The topological polar surface area (TPSA) is 92.1 Å². The Morgan fingerprint density at radius 2 is 2.09 bits per heavy atom. The standard InChI is InChI=1S/C15H11N3O3S/c1-21-14(20)12-9-17-15(22-12)18-13(19)7-6-10-2-4-11(8-16)5-3-10/h2-7,9H,1H3,(H,17,18,19)/b7-6+. The van der Waals surface area contributed by atoms with Crippen LogP contribution >= 0.6 is 11.3 Å². The number of nitrogens with zero attached hydrogens (tertiary/aromatic N) is 2. The van der Waals surface area contributed by atoms with Crippen LogP contribution in [0, 0.1) is 11.3 Å². The van der Waals surface area contributed by atoms with E-state index in [0.29, 0.717) is 15.6 Å². The van der Waals surface area contributed by atoms with E-state index >= 15 is 0 Å². The number of rotatable bonds is 4. The fourth-order valence-corrected chi connectivity index (χ4v) is 2.25. The summed E-state index contributed by atoms with van der Waals surface area (Å²) in [6.07, 6.45) is 4.31. The summed E-state index contributed by atoms with van der Waals surface area (Å²) in [5, 5.41) is 11.6. The first-order valence-electron chi connectivity index (χ1n) is 6.16. The maximum atomic E-state index is 11.8. The summed E-state index contributed by atoms with van der Waals surface area (Å²) < 4.78 is 4.56. The van der Waals surface area contributed by atoms with Crippen LogP contribution in [-0.2, 0) is 9.53 Å². The molecule has 1 aromatic carbocycles. The van der Waals surface area contributed by atoms with Gasteiger partial charge in [-0.15, -0.1) is 0 Å². The highest BCUT2D eigenvalue weighted by molar-refractivity contribution is 7.17.